The lowest BCUT2D eigenvalue weighted by Crippen LogP contribution is -2.24. The van der Waals surface area contributed by atoms with Crippen LogP contribution in [0.2, 0.25) is 0 Å². The van der Waals surface area contributed by atoms with Crippen LogP contribution in [0.1, 0.15) is 18.4 Å². The van der Waals surface area contributed by atoms with Crippen LogP contribution in [0.3, 0.4) is 0 Å². The molecule has 76 valence electrons. The van der Waals surface area contributed by atoms with Crippen molar-refractivity contribution in [1.82, 2.24) is 4.98 Å². The Hall–Kier alpha value is -0.280. The fourth-order valence-corrected chi connectivity index (χ4v) is 2.15. The zero-order valence-corrected chi connectivity index (χ0v) is 10.3. The summed E-state index contributed by atoms with van der Waals surface area (Å²) in [6.45, 7) is 2.05. The molecule has 0 aliphatic heterocycles. The predicted molar refractivity (Wildman–Crippen MR) is 63.0 cm³/mol. The molecular formula is C10H12BrClN2. The minimum atomic E-state index is 0.118. The highest BCUT2D eigenvalue weighted by atomic mass is 79.9. The lowest BCUT2D eigenvalue weighted by Gasteiger charge is -2.16. The minimum Gasteiger partial charge on any atom is -0.363 e. The van der Waals surface area contributed by atoms with Gasteiger partial charge in [0.15, 0.2) is 0 Å². The van der Waals surface area contributed by atoms with Crippen LogP contribution < -0.4 is 5.32 Å². The molecule has 0 saturated heterocycles. The Morgan fingerprint density at radius 2 is 2.36 bits per heavy atom. The zero-order chi connectivity index (χ0) is 10.2. The third-order valence-electron chi connectivity index (χ3n) is 2.54. The lowest BCUT2D eigenvalue weighted by atomic mass is 10.2. The van der Waals surface area contributed by atoms with Gasteiger partial charge < -0.3 is 5.32 Å². The number of rotatable bonds is 3. The van der Waals surface area contributed by atoms with Gasteiger partial charge in [-0.2, -0.15) is 0 Å². The van der Waals surface area contributed by atoms with Crippen LogP contribution in [0.4, 0.5) is 5.82 Å². The molecule has 2 nitrogen and oxygen atoms in total. The third kappa shape index (κ3) is 2.04. The molecule has 2 rings (SSSR count). The Bertz CT molecular complexity index is 350. The summed E-state index contributed by atoms with van der Waals surface area (Å²) in [5, 5.41) is 3.41. The summed E-state index contributed by atoms with van der Waals surface area (Å²) < 4.78 is 1.01. The van der Waals surface area contributed by atoms with Crippen molar-refractivity contribution in [2.45, 2.75) is 25.3 Å². The number of nitrogens with zero attached hydrogens (tertiary/aromatic N) is 1. The highest BCUT2D eigenvalue weighted by Crippen LogP contribution is 2.40. The number of pyridine rings is 1. The number of hydrogen-bond donors (Lipinski definition) is 1. The van der Waals surface area contributed by atoms with Gasteiger partial charge in [0, 0.05) is 16.5 Å². The quantitative estimate of drug-likeness (QED) is 0.856. The van der Waals surface area contributed by atoms with Gasteiger partial charge in [0.2, 0.25) is 0 Å². The lowest BCUT2D eigenvalue weighted by molar-refractivity contribution is 0.826. The Balaban J connectivity index is 2.17. The molecule has 4 heteroatoms. The van der Waals surface area contributed by atoms with Gasteiger partial charge in [0.05, 0.1) is 5.54 Å². The van der Waals surface area contributed by atoms with Crippen molar-refractivity contribution < 1.29 is 0 Å². The van der Waals surface area contributed by atoms with Crippen LogP contribution in [0.15, 0.2) is 16.7 Å². The van der Waals surface area contributed by atoms with Crippen molar-refractivity contribution in [3.63, 3.8) is 0 Å². The Morgan fingerprint density at radius 3 is 2.86 bits per heavy atom. The first-order valence-corrected chi connectivity index (χ1v) is 5.94. The van der Waals surface area contributed by atoms with Crippen molar-refractivity contribution in [2.75, 3.05) is 11.2 Å². The van der Waals surface area contributed by atoms with Crippen molar-refractivity contribution in [3.05, 3.63) is 22.3 Å². The number of hydrogen-bond acceptors (Lipinski definition) is 2. The van der Waals surface area contributed by atoms with E-state index in [0.29, 0.717) is 5.88 Å². The van der Waals surface area contributed by atoms with Gasteiger partial charge in [-0.05, 0) is 47.3 Å². The van der Waals surface area contributed by atoms with Crippen LogP contribution in [0.25, 0.3) is 0 Å². The third-order valence-corrected chi connectivity index (χ3v) is 3.48. The number of halogens is 2. The molecule has 0 atom stereocenters. The summed E-state index contributed by atoms with van der Waals surface area (Å²) in [6, 6.07) is 2.06. The molecule has 0 bridgehead atoms. The van der Waals surface area contributed by atoms with E-state index >= 15 is 0 Å². The van der Waals surface area contributed by atoms with Crippen molar-refractivity contribution >= 4 is 33.3 Å². The molecule has 0 amide bonds. The van der Waals surface area contributed by atoms with Crippen LogP contribution in [0.5, 0.6) is 0 Å². The molecule has 1 aromatic heterocycles. The van der Waals surface area contributed by atoms with Crippen LogP contribution >= 0.6 is 27.5 Å². The second-order valence-corrected chi connectivity index (χ2v) is 5.04. The van der Waals surface area contributed by atoms with Gasteiger partial charge in [-0.3, -0.25) is 0 Å². The van der Waals surface area contributed by atoms with Crippen LogP contribution in [0, 0.1) is 6.92 Å². The maximum absolute atomic E-state index is 5.89. The van der Waals surface area contributed by atoms with E-state index in [1.54, 1.807) is 6.20 Å². The van der Waals surface area contributed by atoms with Crippen molar-refractivity contribution in [2.24, 2.45) is 0 Å². The largest absolute Gasteiger partial charge is 0.363 e. The fraction of sp³-hybridized carbons (Fsp3) is 0.500. The molecule has 1 aromatic rings. The van der Waals surface area contributed by atoms with Gasteiger partial charge in [0.1, 0.15) is 5.82 Å². The Kier molecular flexibility index (Phi) is 2.71. The number of anilines is 1. The predicted octanol–water partition coefficient (Wildman–Crippen LogP) is 3.34. The van der Waals surface area contributed by atoms with Crippen molar-refractivity contribution in [1.29, 1.82) is 0 Å². The summed E-state index contributed by atoms with van der Waals surface area (Å²) in [4.78, 5) is 4.33. The maximum atomic E-state index is 5.89. The molecule has 1 aliphatic carbocycles. The smallest absolute Gasteiger partial charge is 0.129 e. The summed E-state index contributed by atoms with van der Waals surface area (Å²) >= 11 is 9.28. The second kappa shape index (κ2) is 3.70. The first-order chi connectivity index (χ1) is 6.65. The first kappa shape index (κ1) is 10.2. The summed E-state index contributed by atoms with van der Waals surface area (Å²) in [5.41, 5.74) is 1.27. The van der Waals surface area contributed by atoms with Gasteiger partial charge in [-0.15, -0.1) is 11.6 Å². The van der Waals surface area contributed by atoms with E-state index < -0.39 is 0 Å². The van der Waals surface area contributed by atoms with E-state index in [2.05, 4.69) is 32.3 Å². The van der Waals surface area contributed by atoms with Gasteiger partial charge >= 0.3 is 0 Å². The number of aryl methyl sites for hydroxylation is 1. The molecule has 0 radical (unpaired) electrons. The van der Waals surface area contributed by atoms with Crippen LogP contribution in [-0.2, 0) is 0 Å². The highest BCUT2D eigenvalue weighted by molar-refractivity contribution is 9.10. The van der Waals surface area contributed by atoms with E-state index in [0.717, 1.165) is 28.7 Å². The number of aromatic nitrogens is 1. The molecule has 0 spiro atoms. The Labute approximate surface area is 97.2 Å². The zero-order valence-electron chi connectivity index (χ0n) is 7.98. The number of alkyl halides is 1. The molecule has 1 fully saturated rings. The van der Waals surface area contributed by atoms with E-state index in [1.165, 1.54) is 0 Å². The van der Waals surface area contributed by atoms with E-state index in [9.17, 15) is 0 Å². The van der Waals surface area contributed by atoms with Crippen molar-refractivity contribution in [3.8, 4) is 0 Å². The average molecular weight is 276 g/mol. The monoisotopic (exact) mass is 274 g/mol. The normalized spacial score (nSPS) is 17.9. The Morgan fingerprint density at radius 1 is 1.64 bits per heavy atom. The average Bonchev–Trinajstić information content (AvgIpc) is 2.91. The highest BCUT2D eigenvalue weighted by Gasteiger charge is 2.42. The maximum Gasteiger partial charge on any atom is 0.129 e. The molecule has 14 heavy (non-hydrogen) atoms. The number of nitrogens with one attached hydrogen (secondary N) is 1. The summed E-state index contributed by atoms with van der Waals surface area (Å²) in [6.07, 6.45) is 4.10. The fourth-order valence-electron chi connectivity index (χ4n) is 1.37. The molecule has 1 heterocycles. The van der Waals surface area contributed by atoms with Gasteiger partial charge in [-0.25, -0.2) is 4.98 Å². The second-order valence-electron chi connectivity index (χ2n) is 3.86. The van der Waals surface area contributed by atoms with E-state index in [-0.39, 0.29) is 5.54 Å². The molecule has 0 aromatic carbocycles. The minimum absolute atomic E-state index is 0.118. The molecule has 1 N–H and O–H groups in total. The van der Waals surface area contributed by atoms with E-state index in [4.69, 9.17) is 11.6 Å². The molecule has 1 aliphatic rings. The SMILES string of the molecule is Cc1cc(Br)cnc1NC1(CCl)CC1. The summed E-state index contributed by atoms with van der Waals surface area (Å²) in [5.74, 6) is 1.61. The van der Waals surface area contributed by atoms with Crippen LogP contribution in [-0.4, -0.2) is 16.4 Å². The molecular weight excluding hydrogens is 263 g/mol. The summed E-state index contributed by atoms with van der Waals surface area (Å²) in [7, 11) is 0. The van der Waals surface area contributed by atoms with Gasteiger partial charge in [0.25, 0.3) is 0 Å². The van der Waals surface area contributed by atoms with E-state index in [1.807, 2.05) is 6.92 Å². The standard InChI is InChI=1S/C10H12BrClN2/c1-7-4-8(11)5-13-9(7)14-10(6-12)2-3-10/h4-5H,2-3,6H2,1H3,(H,13,14). The van der Waals surface area contributed by atoms with Gasteiger partial charge in [-0.1, -0.05) is 0 Å². The topological polar surface area (TPSA) is 24.9 Å². The molecule has 0 unspecified atom stereocenters. The first-order valence-electron chi connectivity index (χ1n) is 4.61. The molecule has 1 saturated carbocycles.